The summed E-state index contributed by atoms with van der Waals surface area (Å²) in [5, 5.41) is 2.27. The lowest BCUT2D eigenvalue weighted by molar-refractivity contribution is -0.149. The summed E-state index contributed by atoms with van der Waals surface area (Å²) in [5.41, 5.74) is 0.372. The maximum atomic E-state index is 13.8. The number of esters is 2. The summed E-state index contributed by atoms with van der Waals surface area (Å²) < 4.78 is 25.3. The first kappa shape index (κ1) is 33.4. The van der Waals surface area contributed by atoms with Gasteiger partial charge in [-0.25, -0.2) is 9.59 Å². The molecule has 1 saturated carbocycles. The van der Waals surface area contributed by atoms with Gasteiger partial charge in [0.2, 0.25) is 6.29 Å². The van der Waals surface area contributed by atoms with Crippen molar-refractivity contribution in [2.24, 2.45) is 17.8 Å². The molecule has 1 saturated heterocycles. The summed E-state index contributed by atoms with van der Waals surface area (Å²) in [6.07, 6.45) is 9.33. The summed E-state index contributed by atoms with van der Waals surface area (Å²) in [7, 11) is -2.79. The molecule has 3 aliphatic rings. The van der Waals surface area contributed by atoms with Crippen LogP contribution in [0.3, 0.4) is 0 Å². The van der Waals surface area contributed by atoms with Crippen molar-refractivity contribution in [3.05, 3.63) is 84.0 Å². The largest absolute Gasteiger partial charge is 0.463 e. The number of hydrogen-bond acceptors (Lipinski definition) is 6. The van der Waals surface area contributed by atoms with Crippen LogP contribution in [0.5, 0.6) is 0 Å². The summed E-state index contributed by atoms with van der Waals surface area (Å²) in [5.74, 6) is -0.992. The molecule has 0 aromatic heterocycles. The Morgan fingerprint density at radius 2 is 1.60 bits per heavy atom. The zero-order chi connectivity index (χ0) is 32.2. The highest BCUT2D eigenvalue weighted by Gasteiger charge is 2.58. The molecule has 2 fully saturated rings. The fourth-order valence-electron chi connectivity index (χ4n) is 7.59. The fourth-order valence-corrected chi connectivity index (χ4v) is 12.1. The molecule has 7 heteroatoms. The molecule has 2 aromatic rings. The van der Waals surface area contributed by atoms with Gasteiger partial charge in [0.25, 0.3) is 8.32 Å². The molecule has 0 N–H and O–H groups in total. The standard InChI is InChI=1S/C38H50O6Si/c1-7-41-34(39)27(2)23-31-24-30(28(3)25-38(31)36(40)43-35(44-38)29-17-11-8-12-18-29)26-42-45(37(4,5)6,32-19-13-9-14-20-32)33-21-15-10-16-22-33/h9-10,13-16,19-24,28-29,31,35H,7-8,11-12,17-18,25-26H2,1-6H3/b27-23+/t28-,31-,35-,38+/m0/s1. The average Bonchev–Trinajstić information content (AvgIpc) is 3.36. The van der Waals surface area contributed by atoms with Crippen molar-refractivity contribution in [2.75, 3.05) is 13.2 Å². The molecule has 0 unspecified atom stereocenters. The number of rotatable bonds is 9. The number of cyclic esters (lactones) is 1. The Morgan fingerprint density at radius 3 is 2.16 bits per heavy atom. The van der Waals surface area contributed by atoms with E-state index >= 15 is 0 Å². The van der Waals surface area contributed by atoms with Gasteiger partial charge in [-0.1, -0.05) is 120 Å². The maximum absolute atomic E-state index is 13.8. The molecule has 1 heterocycles. The lowest BCUT2D eigenvalue weighted by atomic mass is 9.71. The first-order chi connectivity index (χ1) is 21.5. The normalized spacial score (nSPS) is 26.4. The highest BCUT2D eigenvalue weighted by Crippen LogP contribution is 2.48. The summed E-state index contributed by atoms with van der Waals surface area (Å²) in [4.78, 5) is 26.6. The van der Waals surface area contributed by atoms with E-state index in [-0.39, 0.29) is 35.4 Å². The molecular weight excluding hydrogens is 580 g/mol. The maximum Gasteiger partial charge on any atom is 0.341 e. The zero-order valence-corrected chi connectivity index (χ0v) is 28.8. The van der Waals surface area contributed by atoms with E-state index in [0.717, 1.165) is 31.3 Å². The van der Waals surface area contributed by atoms with Crippen LogP contribution in [0, 0.1) is 17.8 Å². The number of ether oxygens (including phenoxy) is 3. The van der Waals surface area contributed by atoms with Crippen molar-refractivity contribution < 1.29 is 28.2 Å². The molecule has 6 nitrogen and oxygen atoms in total. The van der Waals surface area contributed by atoms with Crippen molar-refractivity contribution in [3.63, 3.8) is 0 Å². The lowest BCUT2D eigenvalue weighted by Gasteiger charge is -2.44. The molecule has 242 valence electrons. The topological polar surface area (TPSA) is 71.1 Å². The molecule has 0 amide bonds. The Morgan fingerprint density at radius 1 is 1.00 bits per heavy atom. The summed E-state index contributed by atoms with van der Waals surface area (Å²) >= 11 is 0. The van der Waals surface area contributed by atoms with Gasteiger partial charge in [0.15, 0.2) is 5.60 Å². The van der Waals surface area contributed by atoms with Crippen LogP contribution in [0.2, 0.25) is 5.04 Å². The Labute approximate surface area is 270 Å². The highest BCUT2D eigenvalue weighted by atomic mass is 28.4. The third-order valence-electron chi connectivity index (χ3n) is 10.0. The van der Waals surface area contributed by atoms with Gasteiger partial charge in [-0.05, 0) is 60.0 Å². The minimum Gasteiger partial charge on any atom is -0.463 e. The van der Waals surface area contributed by atoms with Crippen molar-refractivity contribution in [2.45, 2.75) is 97.0 Å². The molecule has 1 spiro atoms. The zero-order valence-electron chi connectivity index (χ0n) is 27.8. The quantitative estimate of drug-likeness (QED) is 0.130. The molecule has 1 aliphatic heterocycles. The van der Waals surface area contributed by atoms with Crippen LogP contribution in [0.1, 0.15) is 80.1 Å². The minimum absolute atomic E-state index is 0.00780. The Bertz CT molecular complexity index is 1350. The molecule has 45 heavy (non-hydrogen) atoms. The average molecular weight is 631 g/mol. The minimum atomic E-state index is -2.79. The molecule has 2 aromatic carbocycles. The SMILES string of the molecule is CCOC(=O)/C(C)=C/[C@H]1C=C(CO[Si](c2ccccc2)(c2ccccc2)C(C)(C)C)[C@@H](C)C[C@@]12O[C@@H](C1CCCCC1)OC2=O. The Hall–Kier alpha value is -3.00. The summed E-state index contributed by atoms with van der Waals surface area (Å²) in [6, 6.07) is 21.2. The van der Waals surface area contributed by atoms with Crippen molar-refractivity contribution >= 4 is 30.6 Å². The van der Waals surface area contributed by atoms with Gasteiger partial charge in [-0.2, -0.15) is 0 Å². The van der Waals surface area contributed by atoms with Gasteiger partial charge >= 0.3 is 11.9 Å². The van der Waals surface area contributed by atoms with E-state index < -0.39 is 26.1 Å². The van der Waals surface area contributed by atoms with Crippen LogP contribution < -0.4 is 10.4 Å². The van der Waals surface area contributed by atoms with E-state index in [4.69, 9.17) is 18.6 Å². The Kier molecular flexibility index (Phi) is 10.2. The smallest absolute Gasteiger partial charge is 0.341 e. The van der Waals surface area contributed by atoms with Gasteiger partial charge in [-0.15, -0.1) is 0 Å². The van der Waals surface area contributed by atoms with Gasteiger partial charge in [0, 0.05) is 17.4 Å². The van der Waals surface area contributed by atoms with Crippen molar-refractivity contribution in [1.29, 1.82) is 0 Å². The molecule has 0 bridgehead atoms. The molecule has 5 rings (SSSR count). The lowest BCUT2D eigenvalue weighted by Crippen LogP contribution is -2.66. The van der Waals surface area contributed by atoms with Gasteiger partial charge in [0.05, 0.1) is 13.2 Å². The van der Waals surface area contributed by atoms with E-state index in [2.05, 4.69) is 82.3 Å². The molecular formula is C38H50O6Si. The number of benzene rings is 2. The van der Waals surface area contributed by atoms with E-state index in [0.29, 0.717) is 18.6 Å². The predicted octanol–water partition coefficient (Wildman–Crippen LogP) is 6.87. The predicted molar refractivity (Wildman–Crippen MR) is 180 cm³/mol. The van der Waals surface area contributed by atoms with Gasteiger partial charge < -0.3 is 18.6 Å². The third-order valence-corrected chi connectivity index (χ3v) is 15.0. The number of carbonyl (C=O) groups is 2. The number of carbonyl (C=O) groups excluding carboxylic acids is 2. The van der Waals surface area contributed by atoms with Crippen molar-refractivity contribution in [3.8, 4) is 0 Å². The summed E-state index contributed by atoms with van der Waals surface area (Å²) in [6.45, 7) is 13.2. The van der Waals surface area contributed by atoms with Crippen LogP contribution in [0.15, 0.2) is 84.0 Å². The third kappa shape index (κ3) is 6.63. The van der Waals surface area contributed by atoms with E-state index in [1.54, 1.807) is 13.8 Å². The van der Waals surface area contributed by atoms with Crippen LogP contribution in [-0.2, 0) is 28.2 Å². The second-order valence-electron chi connectivity index (χ2n) is 14.1. The number of hydrogen-bond donors (Lipinski definition) is 0. The Balaban J connectivity index is 1.53. The monoisotopic (exact) mass is 630 g/mol. The molecule has 0 radical (unpaired) electrons. The first-order valence-corrected chi connectivity index (χ1v) is 18.6. The van der Waals surface area contributed by atoms with Crippen LogP contribution in [0.25, 0.3) is 0 Å². The van der Waals surface area contributed by atoms with Crippen LogP contribution >= 0.6 is 0 Å². The van der Waals surface area contributed by atoms with E-state index in [1.807, 2.05) is 18.2 Å². The van der Waals surface area contributed by atoms with Crippen LogP contribution in [-0.4, -0.2) is 45.4 Å². The van der Waals surface area contributed by atoms with E-state index in [9.17, 15) is 9.59 Å². The van der Waals surface area contributed by atoms with Gasteiger partial charge in [-0.3, -0.25) is 0 Å². The second kappa shape index (κ2) is 13.8. The molecule has 2 aliphatic carbocycles. The van der Waals surface area contributed by atoms with Crippen LogP contribution in [0.4, 0.5) is 0 Å². The molecule has 4 atom stereocenters. The van der Waals surface area contributed by atoms with E-state index in [1.165, 1.54) is 16.8 Å². The second-order valence-corrected chi connectivity index (χ2v) is 18.4. The fraction of sp³-hybridized carbons (Fsp3) is 0.526. The van der Waals surface area contributed by atoms with Gasteiger partial charge in [0.1, 0.15) is 0 Å². The van der Waals surface area contributed by atoms with Crippen molar-refractivity contribution in [1.82, 2.24) is 0 Å². The first-order valence-electron chi connectivity index (χ1n) is 16.7. The highest BCUT2D eigenvalue weighted by molar-refractivity contribution is 6.99.